The van der Waals surface area contributed by atoms with Crippen LogP contribution in [0.25, 0.3) is 0 Å². The van der Waals surface area contributed by atoms with Crippen LogP contribution < -0.4 is 9.47 Å². The number of rotatable bonds is 7. The predicted octanol–water partition coefficient (Wildman–Crippen LogP) is 1.38. The Balaban J connectivity index is 1.88. The van der Waals surface area contributed by atoms with Crippen molar-refractivity contribution in [3.05, 3.63) is 23.8 Å². The van der Waals surface area contributed by atoms with Crippen molar-refractivity contribution in [1.82, 2.24) is 4.90 Å². The second-order valence-electron chi connectivity index (χ2n) is 5.47. The van der Waals surface area contributed by atoms with Crippen LogP contribution in [0.4, 0.5) is 0 Å². The van der Waals surface area contributed by atoms with E-state index in [0.717, 1.165) is 12.1 Å². The summed E-state index contributed by atoms with van der Waals surface area (Å²) in [6, 6.07) is 5.83. The average Bonchev–Trinajstić information content (AvgIpc) is 2.43. The van der Waals surface area contributed by atoms with Gasteiger partial charge in [-0.1, -0.05) is 6.07 Å². The van der Waals surface area contributed by atoms with Crippen molar-refractivity contribution in [2.75, 3.05) is 33.9 Å². The second kappa shape index (κ2) is 6.32. The summed E-state index contributed by atoms with van der Waals surface area (Å²) in [7, 11) is 3.22. The number of benzene rings is 1. The molecule has 1 heterocycles. The molecule has 0 bridgehead atoms. The fourth-order valence-electron chi connectivity index (χ4n) is 2.58. The Labute approximate surface area is 124 Å². The number of methoxy groups -OCH3 is 2. The predicted molar refractivity (Wildman–Crippen MR) is 76.8 cm³/mol. The SMILES string of the molecule is COc1ccc(CN2CC(C)(OCC(=O)O)C2)cc1OC. The first-order valence-electron chi connectivity index (χ1n) is 6.75. The highest BCUT2D eigenvalue weighted by molar-refractivity contribution is 5.68. The Kier molecular flexibility index (Phi) is 4.69. The Morgan fingerprint density at radius 2 is 1.95 bits per heavy atom. The van der Waals surface area contributed by atoms with Crippen LogP contribution in [0.1, 0.15) is 12.5 Å². The van der Waals surface area contributed by atoms with E-state index >= 15 is 0 Å². The van der Waals surface area contributed by atoms with Crippen LogP contribution in [-0.4, -0.2) is 55.5 Å². The van der Waals surface area contributed by atoms with Crippen molar-refractivity contribution in [3.8, 4) is 11.5 Å². The summed E-state index contributed by atoms with van der Waals surface area (Å²) in [4.78, 5) is 12.7. The number of hydrogen-bond acceptors (Lipinski definition) is 5. The van der Waals surface area contributed by atoms with E-state index in [1.54, 1.807) is 14.2 Å². The van der Waals surface area contributed by atoms with Crippen molar-refractivity contribution in [3.63, 3.8) is 0 Å². The van der Waals surface area contributed by atoms with Gasteiger partial charge >= 0.3 is 5.97 Å². The van der Waals surface area contributed by atoms with E-state index in [1.807, 2.05) is 25.1 Å². The molecule has 0 aromatic heterocycles. The molecule has 0 atom stereocenters. The Bertz CT molecular complexity index is 511. The van der Waals surface area contributed by atoms with Crippen LogP contribution in [0.5, 0.6) is 11.5 Å². The molecule has 6 nitrogen and oxygen atoms in total. The molecule has 0 amide bonds. The maximum absolute atomic E-state index is 10.5. The smallest absolute Gasteiger partial charge is 0.329 e. The number of likely N-dealkylation sites (tertiary alicyclic amines) is 1. The highest BCUT2D eigenvalue weighted by Gasteiger charge is 2.39. The molecular weight excluding hydrogens is 274 g/mol. The van der Waals surface area contributed by atoms with Gasteiger partial charge in [-0.3, -0.25) is 4.90 Å². The molecule has 0 radical (unpaired) electrons. The average molecular weight is 295 g/mol. The van der Waals surface area contributed by atoms with Gasteiger partial charge in [-0.25, -0.2) is 4.79 Å². The molecule has 6 heteroatoms. The first-order valence-corrected chi connectivity index (χ1v) is 6.75. The maximum atomic E-state index is 10.5. The second-order valence-corrected chi connectivity index (χ2v) is 5.47. The summed E-state index contributed by atoms with van der Waals surface area (Å²) in [5, 5.41) is 8.64. The summed E-state index contributed by atoms with van der Waals surface area (Å²) in [6.45, 7) is 3.89. The molecule has 1 aromatic carbocycles. The molecule has 1 fully saturated rings. The van der Waals surface area contributed by atoms with Gasteiger partial charge in [0.25, 0.3) is 0 Å². The fraction of sp³-hybridized carbons (Fsp3) is 0.533. The fourth-order valence-corrected chi connectivity index (χ4v) is 2.58. The number of carbonyl (C=O) groups is 1. The zero-order chi connectivity index (χ0) is 15.5. The highest BCUT2D eigenvalue weighted by Crippen LogP contribution is 2.30. The van der Waals surface area contributed by atoms with E-state index in [4.69, 9.17) is 19.3 Å². The molecule has 0 aliphatic carbocycles. The molecule has 0 unspecified atom stereocenters. The van der Waals surface area contributed by atoms with E-state index in [1.165, 1.54) is 0 Å². The zero-order valence-corrected chi connectivity index (χ0v) is 12.6. The van der Waals surface area contributed by atoms with Gasteiger partial charge in [0.2, 0.25) is 0 Å². The quantitative estimate of drug-likeness (QED) is 0.819. The number of nitrogens with zero attached hydrogens (tertiary/aromatic N) is 1. The van der Waals surface area contributed by atoms with E-state index in [9.17, 15) is 4.79 Å². The van der Waals surface area contributed by atoms with Crippen molar-refractivity contribution in [2.24, 2.45) is 0 Å². The van der Waals surface area contributed by atoms with Crippen LogP contribution in [0.2, 0.25) is 0 Å². The van der Waals surface area contributed by atoms with E-state index < -0.39 is 5.97 Å². The van der Waals surface area contributed by atoms with Crippen LogP contribution in [0, 0.1) is 0 Å². The minimum Gasteiger partial charge on any atom is -0.493 e. The highest BCUT2D eigenvalue weighted by atomic mass is 16.5. The molecule has 0 saturated carbocycles. The lowest BCUT2D eigenvalue weighted by Gasteiger charge is -2.47. The molecule has 2 rings (SSSR count). The molecule has 116 valence electrons. The number of hydrogen-bond donors (Lipinski definition) is 1. The minimum atomic E-state index is -0.936. The first-order chi connectivity index (χ1) is 9.95. The number of carboxylic acids is 1. The van der Waals surface area contributed by atoms with Gasteiger partial charge in [-0.05, 0) is 24.6 Å². The topological polar surface area (TPSA) is 68.2 Å². The molecule has 1 aliphatic rings. The van der Waals surface area contributed by atoms with E-state index in [-0.39, 0.29) is 12.2 Å². The molecule has 21 heavy (non-hydrogen) atoms. The normalized spacial score (nSPS) is 17.1. The van der Waals surface area contributed by atoms with Gasteiger partial charge in [-0.15, -0.1) is 0 Å². The largest absolute Gasteiger partial charge is 0.493 e. The summed E-state index contributed by atoms with van der Waals surface area (Å²) in [6.07, 6.45) is 0. The molecule has 1 aromatic rings. The van der Waals surface area contributed by atoms with Crippen molar-refractivity contribution in [1.29, 1.82) is 0 Å². The summed E-state index contributed by atoms with van der Waals surface area (Å²) < 4.78 is 15.9. The Morgan fingerprint density at radius 3 is 2.52 bits per heavy atom. The van der Waals surface area contributed by atoms with Crippen LogP contribution in [0.3, 0.4) is 0 Å². The molecular formula is C15H21NO5. The van der Waals surface area contributed by atoms with Gasteiger partial charge in [0.1, 0.15) is 6.61 Å². The lowest BCUT2D eigenvalue weighted by Crippen LogP contribution is -2.61. The molecule has 1 aliphatic heterocycles. The van der Waals surface area contributed by atoms with Crippen molar-refractivity contribution in [2.45, 2.75) is 19.1 Å². The van der Waals surface area contributed by atoms with Crippen molar-refractivity contribution >= 4 is 5.97 Å². The Morgan fingerprint density at radius 1 is 1.29 bits per heavy atom. The van der Waals surface area contributed by atoms with Gasteiger partial charge in [0.15, 0.2) is 11.5 Å². The molecule has 1 saturated heterocycles. The van der Waals surface area contributed by atoms with Crippen LogP contribution in [-0.2, 0) is 16.1 Å². The van der Waals surface area contributed by atoms with Gasteiger partial charge < -0.3 is 19.3 Å². The van der Waals surface area contributed by atoms with Crippen LogP contribution >= 0.6 is 0 Å². The van der Waals surface area contributed by atoms with Crippen molar-refractivity contribution < 1.29 is 24.1 Å². The standard InChI is InChI=1S/C15H21NO5/c1-15(21-8-14(17)18)9-16(10-15)7-11-4-5-12(19-2)13(6-11)20-3/h4-6H,7-10H2,1-3H3,(H,17,18). The third-order valence-corrected chi connectivity index (χ3v) is 3.51. The van der Waals surface area contributed by atoms with Crippen LogP contribution in [0.15, 0.2) is 18.2 Å². The van der Waals surface area contributed by atoms with Gasteiger partial charge in [-0.2, -0.15) is 0 Å². The lowest BCUT2D eigenvalue weighted by atomic mass is 9.95. The number of ether oxygens (including phenoxy) is 3. The number of aliphatic carboxylic acids is 1. The summed E-state index contributed by atoms with van der Waals surface area (Å²) in [5.41, 5.74) is 0.752. The maximum Gasteiger partial charge on any atom is 0.329 e. The molecule has 0 spiro atoms. The monoisotopic (exact) mass is 295 g/mol. The third kappa shape index (κ3) is 3.86. The molecule has 1 N–H and O–H groups in total. The summed E-state index contributed by atoms with van der Waals surface area (Å²) >= 11 is 0. The van der Waals surface area contributed by atoms with E-state index in [2.05, 4.69) is 4.90 Å². The Hall–Kier alpha value is -1.79. The van der Waals surface area contributed by atoms with E-state index in [0.29, 0.717) is 24.6 Å². The summed E-state index contributed by atoms with van der Waals surface area (Å²) in [5.74, 6) is 0.481. The zero-order valence-electron chi connectivity index (χ0n) is 12.6. The lowest BCUT2D eigenvalue weighted by molar-refractivity contribution is -0.165. The number of carboxylic acid groups (broad SMARTS) is 1. The van der Waals surface area contributed by atoms with Gasteiger partial charge in [0.05, 0.1) is 19.8 Å². The van der Waals surface area contributed by atoms with Gasteiger partial charge in [0, 0.05) is 19.6 Å². The minimum absolute atomic E-state index is 0.249. The first kappa shape index (κ1) is 15.6. The third-order valence-electron chi connectivity index (χ3n) is 3.51.